The smallest absolute Gasteiger partial charge is 0.460 e. The number of nitrogens with zero attached hydrogens (tertiary/aromatic N) is 1. The van der Waals surface area contributed by atoms with Crippen molar-refractivity contribution in [2.45, 2.75) is 90.8 Å². The molecule has 300 valence electrons. The van der Waals surface area contributed by atoms with Crippen LogP contribution in [0.25, 0.3) is 0 Å². The third kappa shape index (κ3) is 7.89. The minimum Gasteiger partial charge on any atom is -0.481 e. The molecule has 0 saturated heterocycles. The number of carboxylic acid groups (broad SMARTS) is 1. The number of halogens is 23. The minimum atomic E-state index is -9.46. The second-order valence-corrected chi connectivity index (χ2v) is 11.3. The number of hydrogen-bond acceptors (Lipinski definition) is 3. The van der Waals surface area contributed by atoms with Gasteiger partial charge >= 0.3 is 71.4 Å². The van der Waals surface area contributed by atoms with E-state index >= 15 is 0 Å². The van der Waals surface area contributed by atoms with E-state index in [9.17, 15) is 111 Å². The second-order valence-electron chi connectivity index (χ2n) is 11.3. The summed E-state index contributed by atoms with van der Waals surface area (Å²) in [7, 11) is 2.98. The van der Waals surface area contributed by atoms with E-state index in [2.05, 4.69) is 0 Å². The summed E-state index contributed by atoms with van der Waals surface area (Å²) in [6.45, 7) is -1.58. The minimum absolute atomic E-state index is 0.000159. The highest BCUT2D eigenvalue weighted by atomic mass is 19.4. The van der Waals surface area contributed by atoms with E-state index in [0.29, 0.717) is 0 Å². The number of hydrogen-bond donors (Lipinski definition) is 3. The Morgan fingerprint density at radius 3 is 1.20 bits per heavy atom. The molecule has 0 spiro atoms. The zero-order valence-corrected chi connectivity index (χ0v) is 24.5. The van der Waals surface area contributed by atoms with Crippen molar-refractivity contribution >= 4 is 5.97 Å². The van der Waals surface area contributed by atoms with Crippen LogP contribution >= 0.6 is 0 Å². The first kappa shape index (κ1) is 47.7. The maximum atomic E-state index is 14.1. The van der Waals surface area contributed by atoms with Crippen molar-refractivity contribution in [1.29, 1.82) is 0 Å². The number of nitrogens with one attached hydrogen (secondary N) is 1. The number of alkyl halides is 23. The molecule has 0 radical (unpaired) electrons. The van der Waals surface area contributed by atoms with E-state index < -0.39 is 90.4 Å². The second kappa shape index (κ2) is 13.9. The van der Waals surface area contributed by atoms with Crippen LogP contribution in [0.1, 0.15) is 19.3 Å². The Labute approximate surface area is 263 Å². The highest BCUT2D eigenvalue weighted by molar-refractivity contribution is 5.66. The lowest BCUT2D eigenvalue weighted by Crippen LogP contribution is -2.77. The van der Waals surface area contributed by atoms with Gasteiger partial charge in [-0.05, 0) is 0 Å². The first-order valence-corrected chi connectivity index (χ1v) is 12.8. The molecule has 0 bridgehead atoms. The summed E-state index contributed by atoms with van der Waals surface area (Å²) < 4.78 is 310. The monoisotopic (exact) mass is 801 g/mol. The van der Waals surface area contributed by atoms with Gasteiger partial charge in [0, 0.05) is 25.9 Å². The Morgan fingerprint density at radius 1 is 0.560 bits per heavy atom. The topological polar surface area (TPSA) is 69.6 Å². The lowest BCUT2D eigenvalue weighted by atomic mass is 9.84. The Morgan fingerprint density at radius 2 is 0.880 bits per heavy atom. The van der Waals surface area contributed by atoms with Crippen molar-refractivity contribution in [3.8, 4) is 0 Å². The van der Waals surface area contributed by atoms with Crippen molar-refractivity contribution in [3.63, 3.8) is 0 Å². The van der Waals surface area contributed by atoms with Crippen LogP contribution in [0, 0.1) is 0 Å². The van der Waals surface area contributed by atoms with Crippen molar-refractivity contribution in [2.75, 3.05) is 40.3 Å². The van der Waals surface area contributed by atoms with Crippen molar-refractivity contribution < 1.29 is 120 Å². The number of carbonyl (C=O) groups is 1. The molecule has 50 heavy (non-hydrogen) atoms. The molecule has 0 aliphatic heterocycles. The molecule has 0 aromatic heterocycles. The molecule has 0 aliphatic carbocycles. The Kier molecular flexibility index (Phi) is 13.3. The highest BCUT2D eigenvalue weighted by Gasteiger charge is 2.98. The molecule has 3 N–H and O–H groups in total. The van der Waals surface area contributed by atoms with Gasteiger partial charge < -0.3 is 20.0 Å². The zero-order valence-electron chi connectivity index (χ0n) is 24.5. The van der Waals surface area contributed by atoms with Gasteiger partial charge in [0.05, 0.1) is 39.7 Å². The zero-order chi connectivity index (χ0) is 40.8. The average Bonchev–Trinajstić information content (AvgIpc) is 2.89. The van der Waals surface area contributed by atoms with Gasteiger partial charge in [0.25, 0.3) is 0 Å². The first-order chi connectivity index (χ1) is 21.5. The maximum absolute atomic E-state index is 14.1. The van der Waals surface area contributed by atoms with Gasteiger partial charge in [0.15, 0.2) is 0 Å². The summed E-state index contributed by atoms with van der Waals surface area (Å²) in [6.07, 6.45) is -14.7. The van der Waals surface area contributed by atoms with Crippen LogP contribution in [-0.2, 0) is 4.79 Å². The fourth-order valence-electron chi connectivity index (χ4n) is 3.70. The Balaban J connectivity index is 6.35. The summed E-state index contributed by atoms with van der Waals surface area (Å²) >= 11 is 0. The van der Waals surface area contributed by atoms with Crippen molar-refractivity contribution in [3.05, 3.63) is 0 Å². The highest BCUT2D eigenvalue weighted by Crippen LogP contribution is 2.67. The van der Waals surface area contributed by atoms with Crippen LogP contribution in [0.2, 0.25) is 0 Å². The average molecular weight is 801 g/mol. The lowest BCUT2D eigenvalue weighted by Gasteiger charge is -2.45. The summed E-state index contributed by atoms with van der Waals surface area (Å²) in [5.41, 5.74) is 0. The van der Waals surface area contributed by atoms with E-state index in [-0.39, 0.29) is 37.0 Å². The van der Waals surface area contributed by atoms with Crippen LogP contribution < -0.4 is 5.32 Å². The summed E-state index contributed by atoms with van der Waals surface area (Å²) in [5.74, 6) is -89.6. The van der Waals surface area contributed by atoms with Crippen molar-refractivity contribution in [2.24, 2.45) is 0 Å². The predicted octanol–water partition coefficient (Wildman–Crippen LogP) is 7.18. The standard InChI is InChI=1S/C22H23F23N2O3/c1-47(2,7-4-11(49)50)6-3-5-46-9-10(48)8-12(23,24)13(25,26)14(27,28)15(29,30)16(31,32)17(33,34)18(35,36)19(37,38)20(39,40)21(41,42)22(43,44)45/h10,46,48H,3-9H2,1-2H3/p+1. The molecule has 0 aromatic carbocycles. The number of carboxylic acids is 1. The molecule has 0 saturated carbocycles. The van der Waals surface area contributed by atoms with Gasteiger partial charge in [-0.1, -0.05) is 0 Å². The Bertz CT molecular complexity index is 1170. The van der Waals surface area contributed by atoms with Crippen LogP contribution in [0.15, 0.2) is 0 Å². The molecular weight excluding hydrogens is 777 g/mol. The molecule has 1 atom stereocenters. The van der Waals surface area contributed by atoms with E-state index in [1.54, 1.807) is 0 Å². The van der Waals surface area contributed by atoms with Crippen LogP contribution in [0.4, 0.5) is 101 Å². The number of rotatable bonds is 20. The number of aliphatic hydroxyl groups excluding tert-OH is 1. The molecule has 28 heteroatoms. The third-order valence-electron chi connectivity index (χ3n) is 6.89. The van der Waals surface area contributed by atoms with Gasteiger partial charge in [-0.3, -0.25) is 4.79 Å². The summed E-state index contributed by atoms with van der Waals surface area (Å²) in [4.78, 5) is 10.6. The van der Waals surface area contributed by atoms with E-state index in [4.69, 9.17) is 5.11 Å². The molecule has 0 aromatic rings. The number of aliphatic hydroxyl groups is 1. The molecular formula is C22H24F23N2O3+. The maximum Gasteiger partial charge on any atom is 0.460 e. The van der Waals surface area contributed by atoms with Gasteiger partial charge in [-0.15, -0.1) is 0 Å². The fraction of sp³-hybridized carbons (Fsp3) is 0.955. The fourth-order valence-corrected chi connectivity index (χ4v) is 3.70. The van der Waals surface area contributed by atoms with Crippen LogP contribution in [0.3, 0.4) is 0 Å². The third-order valence-corrected chi connectivity index (χ3v) is 6.89. The number of quaternary nitrogens is 1. The van der Waals surface area contributed by atoms with Crippen LogP contribution in [0.5, 0.6) is 0 Å². The lowest BCUT2D eigenvalue weighted by molar-refractivity contribution is -0.889. The molecule has 1 unspecified atom stereocenters. The quantitative estimate of drug-likeness (QED) is 0.0694. The normalized spacial score (nSPS) is 16.5. The van der Waals surface area contributed by atoms with Crippen molar-refractivity contribution in [1.82, 2.24) is 5.32 Å². The molecule has 0 heterocycles. The molecule has 0 fully saturated rings. The van der Waals surface area contributed by atoms with Gasteiger partial charge in [-0.2, -0.15) is 101 Å². The summed E-state index contributed by atoms with van der Waals surface area (Å²) in [6, 6.07) is 0. The molecule has 5 nitrogen and oxygen atoms in total. The number of aliphatic carboxylic acids is 1. The van der Waals surface area contributed by atoms with Gasteiger partial charge in [0.2, 0.25) is 0 Å². The van der Waals surface area contributed by atoms with Crippen LogP contribution in [-0.4, -0.2) is 132 Å². The summed E-state index contributed by atoms with van der Waals surface area (Å²) in [5, 5.41) is 20.1. The van der Waals surface area contributed by atoms with Gasteiger partial charge in [0.1, 0.15) is 0 Å². The largest absolute Gasteiger partial charge is 0.481 e. The molecule has 0 amide bonds. The predicted molar refractivity (Wildman–Crippen MR) is 118 cm³/mol. The van der Waals surface area contributed by atoms with E-state index in [1.165, 1.54) is 14.1 Å². The Hall–Kier alpha value is -2.26. The van der Waals surface area contributed by atoms with Gasteiger partial charge in [-0.25, -0.2) is 0 Å². The SMILES string of the molecule is C[N+](C)(CCCNCC(O)CC(F)(F)C(F)(F)C(F)(F)C(F)(F)C(F)(F)C(F)(F)C(F)(F)C(F)(F)C(F)(F)C(F)(F)C(F)(F)F)CCC(=O)O. The molecule has 0 aliphatic rings. The molecule has 0 rings (SSSR count). The van der Waals surface area contributed by atoms with E-state index in [1.807, 2.05) is 5.32 Å². The van der Waals surface area contributed by atoms with E-state index in [0.717, 1.165) is 0 Å². The first-order valence-electron chi connectivity index (χ1n) is 12.8.